The maximum Gasteiger partial charge on any atom is 0.225 e. The molecule has 0 aromatic carbocycles. The zero-order valence-electron chi connectivity index (χ0n) is 10.4. The van der Waals surface area contributed by atoms with Crippen molar-refractivity contribution in [3.8, 4) is 0 Å². The van der Waals surface area contributed by atoms with E-state index >= 15 is 0 Å². The number of nitrogens with two attached hydrogens (primary N) is 1. The summed E-state index contributed by atoms with van der Waals surface area (Å²) in [5.74, 6) is 0.198. The molecule has 1 amide bonds. The fraction of sp³-hybridized carbons (Fsp3) is 0.917. The maximum absolute atomic E-state index is 11.7. The first-order valence-electron chi connectivity index (χ1n) is 6.11. The van der Waals surface area contributed by atoms with Gasteiger partial charge in [0.05, 0.1) is 12.5 Å². The van der Waals surface area contributed by atoms with Crippen molar-refractivity contribution in [2.75, 3.05) is 26.3 Å². The van der Waals surface area contributed by atoms with Gasteiger partial charge in [0, 0.05) is 13.2 Å². The van der Waals surface area contributed by atoms with E-state index in [4.69, 9.17) is 10.5 Å². The first-order chi connectivity index (χ1) is 7.55. The Balaban J connectivity index is 2.24. The van der Waals surface area contributed by atoms with Crippen LogP contribution in [0.3, 0.4) is 0 Å². The summed E-state index contributed by atoms with van der Waals surface area (Å²) in [4.78, 5) is 11.7. The van der Waals surface area contributed by atoms with Crippen LogP contribution in [0.15, 0.2) is 0 Å². The van der Waals surface area contributed by atoms with Crippen LogP contribution in [-0.4, -0.2) is 32.2 Å². The molecule has 1 aliphatic rings. The molecule has 1 fully saturated rings. The molecule has 3 N–H and O–H groups in total. The fourth-order valence-corrected chi connectivity index (χ4v) is 1.88. The van der Waals surface area contributed by atoms with Crippen molar-refractivity contribution in [1.82, 2.24) is 5.32 Å². The van der Waals surface area contributed by atoms with Gasteiger partial charge in [-0.15, -0.1) is 0 Å². The van der Waals surface area contributed by atoms with Crippen LogP contribution in [0, 0.1) is 11.3 Å². The molecule has 16 heavy (non-hydrogen) atoms. The third-order valence-electron chi connectivity index (χ3n) is 3.10. The molecule has 0 spiro atoms. The van der Waals surface area contributed by atoms with E-state index in [1.165, 1.54) is 0 Å². The summed E-state index contributed by atoms with van der Waals surface area (Å²) >= 11 is 0. The van der Waals surface area contributed by atoms with Crippen LogP contribution < -0.4 is 11.1 Å². The van der Waals surface area contributed by atoms with E-state index in [1.807, 2.05) is 0 Å². The van der Waals surface area contributed by atoms with Crippen LogP contribution in [0.5, 0.6) is 0 Å². The summed E-state index contributed by atoms with van der Waals surface area (Å²) in [7, 11) is 0. The van der Waals surface area contributed by atoms with E-state index in [0.717, 1.165) is 25.8 Å². The van der Waals surface area contributed by atoms with Gasteiger partial charge >= 0.3 is 0 Å². The molecule has 0 saturated carbocycles. The highest BCUT2D eigenvalue weighted by molar-refractivity contribution is 5.79. The van der Waals surface area contributed by atoms with Gasteiger partial charge in [-0.3, -0.25) is 4.79 Å². The molecular formula is C12H24N2O2. The molecule has 1 rings (SSSR count). The molecule has 1 aliphatic heterocycles. The second-order valence-corrected chi connectivity index (χ2v) is 5.33. The Bertz CT molecular complexity index is 223. The van der Waals surface area contributed by atoms with Gasteiger partial charge in [0.25, 0.3) is 0 Å². The summed E-state index contributed by atoms with van der Waals surface area (Å²) in [6, 6.07) is 0. The lowest BCUT2D eigenvalue weighted by molar-refractivity contribution is -0.125. The van der Waals surface area contributed by atoms with E-state index in [2.05, 4.69) is 19.2 Å². The van der Waals surface area contributed by atoms with Crippen molar-refractivity contribution in [3.63, 3.8) is 0 Å². The van der Waals surface area contributed by atoms with Crippen LogP contribution in [0.25, 0.3) is 0 Å². The van der Waals surface area contributed by atoms with Crippen LogP contribution in [-0.2, 0) is 9.53 Å². The highest BCUT2D eigenvalue weighted by Gasteiger charge is 2.25. The number of hydrogen-bond donors (Lipinski definition) is 2. The fourth-order valence-electron chi connectivity index (χ4n) is 1.88. The van der Waals surface area contributed by atoms with Gasteiger partial charge in [-0.05, 0) is 31.2 Å². The topological polar surface area (TPSA) is 64.3 Å². The van der Waals surface area contributed by atoms with E-state index < -0.39 is 0 Å². The van der Waals surface area contributed by atoms with Crippen molar-refractivity contribution < 1.29 is 9.53 Å². The third-order valence-corrected chi connectivity index (χ3v) is 3.10. The maximum atomic E-state index is 11.7. The number of rotatable bonds is 6. The van der Waals surface area contributed by atoms with Crippen LogP contribution in [0.1, 0.15) is 33.1 Å². The number of ether oxygens (including phenoxy) is 1. The molecule has 4 heteroatoms. The van der Waals surface area contributed by atoms with E-state index in [1.54, 1.807) is 0 Å². The average Bonchev–Trinajstić information content (AvgIpc) is 2.77. The predicted octanol–water partition coefficient (Wildman–Crippen LogP) is 0.904. The standard InChI is InChI=1S/C12H24N2O2/c1-12(2,5-3-6-13)9-14-11(15)10-4-7-16-8-10/h10H,3-9,13H2,1-2H3,(H,14,15). The molecule has 0 aliphatic carbocycles. The van der Waals surface area contributed by atoms with Gasteiger partial charge in [0.15, 0.2) is 0 Å². The van der Waals surface area contributed by atoms with Crippen molar-refractivity contribution in [2.45, 2.75) is 33.1 Å². The Labute approximate surface area is 97.9 Å². The van der Waals surface area contributed by atoms with Gasteiger partial charge < -0.3 is 15.8 Å². The molecule has 0 bridgehead atoms. The summed E-state index contributed by atoms with van der Waals surface area (Å²) in [5, 5.41) is 3.01. The minimum atomic E-state index is 0.0605. The van der Waals surface area contributed by atoms with E-state index in [9.17, 15) is 4.79 Å². The first-order valence-corrected chi connectivity index (χ1v) is 6.11. The van der Waals surface area contributed by atoms with Gasteiger partial charge in [-0.2, -0.15) is 0 Å². The monoisotopic (exact) mass is 228 g/mol. The quantitative estimate of drug-likeness (QED) is 0.710. The first kappa shape index (κ1) is 13.5. The predicted molar refractivity (Wildman–Crippen MR) is 64.0 cm³/mol. The lowest BCUT2D eigenvalue weighted by Gasteiger charge is -2.25. The van der Waals surface area contributed by atoms with Gasteiger partial charge in [0.1, 0.15) is 0 Å². The molecule has 1 unspecified atom stereocenters. The Morgan fingerprint density at radius 1 is 1.56 bits per heavy atom. The zero-order chi connectivity index (χ0) is 12.0. The van der Waals surface area contributed by atoms with E-state index in [0.29, 0.717) is 19.8 Å². The van der Waals surface area contributed by atoms with Crippen molar-refractivity contribution in [3.05, 3.63) is 0 Å². The molecule has 1 atom stereocenters. The molecule has 1 heterocycles. The van der Waals surface area contributed by atoms with Gasteiger partial charge in [0.2, 0.25) is 5.91 Å². The highest BCUT2D eigenvalue weighted by Crippen LogP contribution is 2.21. The Morgan fingerprint density at radius 2 is 2.31 bits per heavy atom. The minimum absolute atomic E-state index is 0.0605. The van der Waals surface area contributed by atoms with Crippen LogP contribution >= 0.6 is 0 Å². The number of nitrogens with one attached hydrogen (secondary N) is 1. The Kier molecular flexibility index (Phi) is 5.22. The molecule has 0 radical (unpaired) electrons. The molecule has 4 nitrogen and oxygen atoms in total. The lowest BCUT2D eigenvalue weighted by atomic mass is 9.87. The largest absolute Gasteiger partial charge is 0.381 e. The van der Waals surface area contributed by atoms with Crippen molar-refractivity contribution >= 4 is 5.91 Å². The Morgan fingerprint density at radius 3 is 2.88 bits per heavy atom. The molecule has 0 aromatic heterocycles. The summed E-state index contributed by atoms with van der Waals surface area (Å²) < 4.78 is 5.20. The average molecular weight is 228 g/mol. The normalized spacial score (nSPS) is 21.1. The highest BCUT2D eigenvalue weighted by atomic mass is 16.5. The molecule has 0 aromatic rings. The Hall–Kier alpha value is -0.610. The molecule has 94 valence electrons. The second-order valence-electron chi connectivity index (χ2n) is 5.33. The molecule has 1 saturated heterocycles. The minimum Gasteiger partial charge on any atom is -0.381 e. The lowest BCUT2D eigenvalue weighted by Crippen LogP contribution is -2.38. The SMILES string of the molecule is CC(C)(CCCN)CNC(=O)C1CCOC1. The van der Waals surface area contributed by atoms with E-state index in [-0.39, 0.29) is 17.2 Å². The van der Waals surface area contributed by atoms with Crippen molar-refractivity contribution in [2.24, 2.45) is 17.1 Å². The van der Waals surface area contributed by atoms with Crippen LogP contribution in [0.2, 0.25) is 0 Å². The summed E-state index contributed by atoms with van der Waals surface area (Å²) in [5.41, 5.74) is 5.62. The summed E-state index contributed by atoms with van der Waals surface area (Å²) in [6.45, 7) is 7.06. The van der Waals surface area contributed by atoms with Crippen LogP contribution in [0.4, 0.5) is 0 Å². The zero-order valence-corrected chi connectivity index (χ0v) is 10.4. The summed E-state index contributed by atoms with van der Waals surface area (Å²) in [6.07, 6.45) is 2.91. The third kappa shape index (κ3) is 4.49. The second kappa shape index (κ2) is 6.21. The number of hydrogen-bond acceptors (Lipinski definition) is 3. The number of amides is 1. The van der Waals surface area contributed by atoms with Gasteiger partial charge in [-0.1, -0.05) is 13.8 Å². The number of carbonyl (C=O) groups is 1. The molecular weight excluding hydrogens is 204 g/mol. The van der Waals surface area contributed by atoms with Crippen molar-refractivity contribution in [1.29, 1.82) is 0 Å². The van der Waals surface area contributed by atoms with Gasteiger partial charge in [-0.25, -0.2) is 0 Å². The smallest absolute Gasteiger partial charge is 0.225 e. The number of carbonyl (C=O) groups excluding carboxylic acids is 1.